The van der Waals surface area contributed by atoms with Gasteiger partial charge in [0.1, 0.15) is 21.3 Å². The van der Waals surface area contributed by atoms with E-state index in [1.165, 1.54) is 17.4 Å². The van der Waals surface area contributed by atoms with Crippen molar-refractivity contribution < 1.29 is 28.5 Å². The van der Waals surface area contributed by atoms with Crippen molar-refractivity contribution in [3.63, 3.8) is 0 Å². The minimum Gasteiger partial charge on any atom is -0.477 e. The molecule has 214 valence electrons. The van der Waals surface area contributed by atoms with Gasteiger partial charge in [0.25, 0.3) is 5.79 Å². The summed E-state index contributed by atoms with van der Waals surface area (Å²) in [5.74, 6) is -0.623. The average molecular weight is 599 g/mol. The van der Waals surface area contributed by atoms with Crippen LogP contribution in [0.15, 0.2) is 42.5 Å². The Bertz CT molecular complexity index is 1650. The minimum absolute atomic E-state index is 0.130. The molecule has 0 amide bonds. The minimum atomic E-state index is -1.30. The zero-order chi connectivity index (χ0) is 28.3. The van der Waals surface area contributed by atoms with Gasteiger partial charge in [0.2, 0.25) is 0 Å². The lowest BCUT2D eigenvalue weighted by atomic mass is 10.1. The van der Waals surface area contributed by atoms with E-state index in [1.807, 2.05) is 18.2 Å². The van der Waals surface area contributed by atoms with E-state index in [-0.39, 0.29) is 11.7 Å². The molecular weight excluding hydrogens is 571 g/mol. The summed E-state index contributed by atoms with van der Waals surface area (Å²) in [6.45, 7) is 6.92. The number of aromatic nitrogens is 2. The first-order valence-electron chi connectivity index (χ1n) is 13.5. The summed E-state index contributed by atoms with van der Waals surface area (Å²) in [5, 5.41) is 9.76. The largest absolute Gasteiger partial charge is 0.477 e. The number of thiophene rings is 1. The van der Waals surface area contributed by atoms with Crippen molar-refractivity contribution in [3.05, 3.63) is 69.6 Å². The summed E-state index contributed by atoms with van der Waals surface area (Å²) >= 11 is 7.16. The molecule has 3 aliphatic rings. The molecule has 2 aromatic carbocycles. The fraction of sp³-hybridized carbons (Fsp3) is 0.379. The number of rotatable bonds is 7. The maximum absolute atomic E-state index is 14.8. The first-order valence-corrected chi connectivity index (χ1v) is 14.7. The van der Waals surface area contributed by atoms with E-state index in [4.69, 9.17) is 30.8 Å². The summed E-state index contributed by atoms with van der Waals surface area (Å²) in [5.41, 5.74) is 2.05. The van der Waals surface area contributed by atoms with Gasteiger partial charge in [0.15, 0.2) is 11.5 Å². The molecule has 0 radical (unpaired) electrons. The summed E-state index contributed by atoms with van der Waals surface area (Å²) in [7, 11) is 0. The Kier molecular flexibility index (Phi) is 6.57. The summed E-state index contributed by atoms with van der Waals surface area (Å²) in [4.78, 5) is 22.0. The summed E-state index contributed by atoms with van der Waals surface area (Å²) < 4.78 is 35.0. The van der Waals surface area contributed by atoms with Gasteiger partial charge in [-0.2, -0.15) is 0 Å². The molecule has 2 aromatic heterocycles. The second-order valence-electron chi connectivity index (χ2n) is 10.7. The van der Waals surface area contributed by atoms with Crippen molar-refractivity contribution in [1.82, 2.24) is 14.5 Å². The van der Waals surface area contributed by atoms with Crippen molar-refractivity contribution in [2.45, 2.75) is 38.3 Å². The molecule has 7 rings (SSSR count). The molecule has 0 saturated carbocycles. The van der Waals surface area contributed by atoms with Crippen LogP contribution in [0.1, 0.15) is 34.4 Å². The maximum atomic E-state index is 14.8. The molecule has 12 heteroatoms. The Morgan fingerprint density at radius 1 is 1.20 bits per heavy atom. The highest BCUT2D eigenvalue weighted by molar-refractivity contribution is 7.20. The van der Waals surface area contributed by atoms with Crippen molar-refractivity contribution >= 4 is 44.9 Å². The number of carboxylic acid groups (broad SMARTS) is 1. The number of nitrogens with zero attached hydrogens (tertiary/aromatic N) is 4. The lowest BCUT2D eigenvalue weighted by Gasteiger charge is -2.36. The summed E-state index contributed by atoms with van der Waals surface area (Å²) in [6.07, 6.45) is 1.12. The number of fused-ring (bicyclic) bond motifs is 2. The molecule has 41 heavy (non-hydrogen) atoms. The topological polar surface area (TPSA) is 89.3 Å². The fourth-order valence-corrected chi connectivity index (χ4v) is 6.75. The highest BCUT2D eigenvalue weighted by atomic mass is 35.5. The number of carbonyl (C=O) groups is 1. The van der Waals surface area contributed by atoms with Crippen LogP contribution in [0, 0.1) is 5.82 Å². The predicted octanol–water partition coefficient (Wildman–Crippen LogP) is 5.34. The van der Waals surface area contributed by atoms with Crippen molar-refractivity contribution in [2.75, 3.05) is 37.7 Å². The maximum Gasteiger partial charge on any atom is 0.346 e. The van der Waals surface area contributed by atoms with Crippen LogP contribution in [-0.4, -0.2) is 64.4 Å². The van der Waals surface area contributed by atoms with Gasteiger partial charge in [-0.25, -0.2) is 14.2 Å². The van der Waals surface area contributed by atoms with Crippen LogP contribution in [0.4, 0.5) is 10.1 Å². The molecule has 4 aromatic rings. The molecule has 0 unspecified atom stereocenters. The first-order chi connectivity index (χ1) is 19.8. The van der Waals surface area contributed by atoms with Crippen molar-refractivity contribution in [2.24, 2.45) is 0 Å². The molecular formula is C29H28ClFN4O5S. The van der Waals surface area contributed by atoms with Gasteiger partial charge >= 0.3 is 5.97 Å². The standard InChI is InChI=1S/C29H28ClFN4O5S/c1-29(19-6-5-17(30)13-20(19)31)39-23-4-2-3-21(26(23)40-29)34-10-8-33(9-11-34)16-25-32-27-22(14-24(41-27)28(36)37)35(25)15-18-7-12-38-18/h2-6,13-14,18H,7-12,15-16H2,1H3,(H,36,37)/t18-,29-/m0/s1. The molecule has 2 saturated heterocycles. The predicted molar refractivity (Wildman–Crippen MR) is 153 cm³/mol. The number of ether oxygens (including phenoxy) is 3. The molecule has 5 heterocycles. The van der Waals surface area contributed by atoms with E-state index in [0.717, 1.165) is 61.1 Å². The van der Waals surface area contributed by atoms with Crippen LogP contribution in [0.3, 0.4) is 0 Å². The Labute approximate surface area is 244 Å². The number of benzene rings is 2. The average Bonchev–Trinajstić information content (AvgIpc) is 3.57. The molecule has 2 atom stereocenters. The van der Waals surface area contributed by atoms with Crippen LogP contribution in [0.25, 0.3) is 10.3 Å². The second-order valence-corrected chi connectivity index (χ2v) is 12.1. The van der Waals surface area contributed by atoms with Gasteiger partial charge in [0, 0.05) is 44.7 Å². The molecule has 0 spiro atoms. The zero-order valence-electron chi connectivity index (χ0n) is 22.3. The number of carboxylic acids is 1. The molecule has 2 fully saturated rings. The number of hydrogen-bond acceptors (Lipinski definition) is 8. The second kappa shape index (κ2) is 10.2. The van der Waals surface area contributed by atoms with Crippen molar-refractivity contribution in [1.29, 1.82) is 0 Å². The van der Waals surface area contributed by atoms with E-state index < -0.39 is 17.6 Å². The highest BCUT2D eigenvalue weighted by Gasteiger charge is 2.43. The van der Waals surface area contributed by atoms with Crippen LogP contribution < -0.4 is 14.4 Å². The third-order valence-electron chi connectivity index (χ3n) is 7.97. The Morgan fingerprint density at radius 2 is 2.00 bits per heavy atom. The third kappa shape index (κ3) is 4.80. The SMILES string of the molecule is C[C@]1(c2ccc(Cl)cc2F)Oc2cccc(N3CCN(Cc4nc5sc(C(=O)O)cc5n4C[C@@H]4CCO4)CC3)c2O1. The smallest absolute Gasteiger partial charge is 0.346 e. The highest BCUT2D eigenvalue weighted by Crippen LogP contribution is 2.50. The number of halogens is 2. The van der Waals surface area contributed by atoms with Crippen LogP contribution in [-0.2, 0) is 23.6 Å². The number of imidazole rings is 1. The first kappa shape index (κ1) is 26.5. The van der Waals surface area contributed by atoms with E-state index in [2.05, 4.69) is 14.4 Å². The number of hydrogen-bond donors (Lipinski definition) is 1. The van der Waals surface area contributed by atoms with E-state index in [9.17, 15) is 14.3 Å². The molecule has 3 aliphatic heterocycles. The lowest BCUT2D eigenvalue weighted by molar-refractivity contribution is -0.0705. The molecule has 0 bridgehead atoms. The third-order valence-corrected chi connectivity index (χ3v) is 9.22. The van der Waals surface area contributed by atoms with E-state index >= 15 is 0 Å². The van der Waals surface area contributed by atoms with Gasteiger partial charge in [-0.1, -0.05) is 17.7 Å². The number of aromatic carboxylic acids is 1. The van der Waals surface area contributed by atoms with E-state index in [0.29, 0.717) is 34.5 Å². The summed E-state index contributed by atoms with van der Waals surface area (Å²) in [6, 6.07) is 12.0. The van der Waals surface area contributed by atoms with Gasteiger partial charge in [-0.15, -0.1) is 11.3 Å². The lowest BCUT2D eigenvalue weighted by Crippen LogP contribution is -2.46. The monoisotopic (exact) mass is 598 g/mol. The van der Waals surface area contributed by atoms with Crippen LogP contribution in [0.2, 0.25) is 5.02 Å². The number of para-hydroxylation sites is 1. The van der Waals surface area contributed by atoms with Gasteiger partial charge in [0.05, 0.1) is 36.0 Å². The van der Waals surface area contributed by atoms with Crippen LogP contribution >= 0.6 is 22.9 Å². The van der Waals surface area contributed by atoms with Gasteiger partial charge in [-0.05, 0) is 42.8 Å². The Hall–Kier alpha value is -3.38. The normalized spacial score (nSPS) is 22.3. The molecule has 9 nitrogen and oxygen atoms in total. The van der Waals surface area contributed by atoms with Gasteiger partial charge < -0.3 is 28.8 Å². The quantitative estimate of drug-likeness (QED) is 0.305. The van der Waals surface area contributed by atoms with E-state index in [1.54, 1.807) is 25.1 Å². The van der Waals surface area contributed by atoms with Crippen molar-refractivity contribution in [3.8, 4) is 11.5 Å². The molecule has 1 N–H and O–H groups in total. The molecule has 0 aliphatic carbocycles. The Balaban J connectivity index is 1.07. The zero-order valence-corrected chi connectivity index (χ0v) is 23.9. The Morgan fingerprint density at radius 3 is 2.71 bits per heavy atom. The van der Waals surface area contributed by atoms with Crippen LogP contribution in [0.5, 0.6) is 11.5 Å². The fourth-order valence-electron chi connectivity index (χ4n) is 5.70. The number of anilines is 1. The van der Waals surface area contributed by atoms with Gasteiger partial charge in [-0.3, -0.25) is 4.90 Å². The number of piperazine rings is 1.